The molecule has 2 amide bonds. The van der Waals surface area contributed by atoms with Gasteiger partial charge in [-0.2, -0.15) is 0 Å². The molecular formula is C7H14N2O. The molecule has 0 aromatic heterocycles. The molecule has 1 unspecified atom stereocenters. The molecule has 0 aromatic rings. The van der Waals surface area contributed by atoms with E-state index in [9.17, 15) is 4.79 Å². The van der Waals surface area contributed by atoms with Crippen molar-refractivity contribution in [2.24, 2.45) is 0 Å². The van der Waals surface area contributed by atoms with Crippen LogP contribution in [0.3, 0.4) is 0 Å². The second-order valence-corrected chi connectivity index (χ2v) is 2.73. The molecule has 0 spiro atoms. The monoisotopic (exact) mass is 142 g/mol. The largest absolute Gasteiger partial charge is 0.338 e. The van der Waals surface area contributed by atoms with Crippen LogP contribution in [0.4, 0.5) is 4.79 Å². The number of hydrogen-bond donors (Lipinski definition) is 1. The molecule has 3 heteroatoms. The maximum atomic E-state index is 11.0. The quantitative estimate of drug-likeness (QED) is 0.568. The Balaban J connectivity index is 2.11. The average molecular weight is 142 g/mol. The topological polar surface area (TPSA) is 32.1 Å². The Morgan fingerprint density at radius 3 is 2.80 bits per heavy atom. The minimum Gasteiger partial charge on any atom is -0.338 e. The van der Waals surface area contributed by atoms with E-state index < -0.39 is 0 Å². The Morgan fingerprint density at radius 2 is 2.40 bits per heavy atom. The van der Waals surface area contributed by atoms with Gasteiger partial charge in [-0.05, 0) is 13.3 Å². The zero-order chi connectivity index (χ0) is 7.56. The molecule has 0 radical (unpaired) electrons. The van der Waals surface area contributed by atoms with E-state index in [2.05, 4.69) is 5.32 Å². The van der Waals surface area contributed by atoms with Gasteiger partial charge in [-0.3, -0.25) is 0 Å². The van der Waals surface area contributed by atoms with Crippen molar-refractivity contribution in [3.05, 3.63) is 0 Å². The van der Waals surface area contributed by atoms with Gasteiger partial charge >= 0.3 is 6.03 Å². The lowest BCUT2D eigenvalue weighted by atomic mass is 10.5. The zero-order valence-electron chi connectivity index (χ0n) is 6.55. The molecule has 0 aromatic carbocycles. The summed E-state index contributed by atoms with van der Waals surface area (Å²) < 4.78 is 0. The van der Waals surface area contributed by atoms with Crippen LogP contribution in [0.1, 0.15) is 20.3 Å². The van der Waals surface area contributed by atoms with Crippen LogP contribution in [-0.2, 0) is 0 Å². The van der Waals surface area contributed by atoms with Crippen molar-refractivity contribution in [3.8, 4) is 0 Å². The second kappa shape index (κ2) is 2.90. The summed E-state index contributed by atoms with van der Waals surface area (Å²) in [5.74, 6) is 0. The number of amides is 2. The highest BCUT2D eigenvalue weighted by molar-refractivity contribution is 5.76. The van der Waals surface area contributed by atoms with Gasteiger partial charge in [0.25, 0.3) is 0 Å². The van der Waals surface area contributed by atoms with Crippen LogP contribution in [0.2, 0.25) is 0 Å². The van der Waals surface area contributed by atoms with Crippen molar-refractivity contribution in [2.45, 2.75) is 26.3 Å². The highest BCUT2D eigenvalue weighted by Gasteiger charge is 2.33. The van der Waals surface area contributed by atoms with Gasteiger partial charge < -0.3 is 10.2 Å². The molecule has 0 bridgehead atoms. The molecule has 1 saturated heterocycles. The predicted molar refractivity (Wildman–Crippen MR) is 39.9 cm³/mol. The molecule has 1 fully saturated rings. The van der Waals surface area contributed by atoms with Gasteiger partial charge in [-0.15, -0.1) is 0 Å². The molecule has 1 atom stereocenters. The smallest absolute Gasteiger partial charge is 0.317 e. The van der Waals surface area contributed by atoms with Crippen LogP contribution >= 0.6 is 0 Å². The maximum absolute atomic E-state index is 11.0. The first-order valence-corrected chi connectivity index (χ1v) is 3.80. The fraction of sp³-hybridized carbons (Fsp3) is 0.857. The molecule has 3 nitrogen and oxygen atoms in total. The maximum Gasteiger partial charge on any atom is 0.317 e. The summed E-state index contributed by atoms with van der Waals surface area (Å²) in [5.41, 5.74) is 0. The van der Waals surface area contributed by atoms with E-state index in [1.807, 2.05) is 18.7 Å². The third-order valence-corrected chi connectivity index (χ3v) is 1.65. The molecule has 10 heavy (non-hydrogen) atoms. The van der Waals surface area contributed by atoms with Crippen molar-refractivity contribution in [1.82, 2.24) is 10.2 Å². The molecule has 58 valence electrons. The summed E-state index contributed by atoms with van der Waals surface area (Å²) in [7, 11) is 0. The summed E-state index contributed by atoms with van der Waals surface area (Å²) in [4.78, 5) is 12.8. The van der Waals surface area contributed by atoms with Crippen molar-refractivity contribution in [2.75, 3.05) is 13.1 Å². The lowest BCUT2D eigenvalue weighted by Crippen LogP contribution is -2.29. The van der Waals surface area contributed by atoms with Gasteiger partial charge in [0.05, 0.1) is 0 Å². The molecular weight excluding hydrogens is 128 g/mol. The minimum atomic E-state index is 0.0920. The van der Waals surface area contributed by atoms with Crippen molar-refractivity contribution >= 4 is 6.03 Å². The Labute approximate surface area is 61.4 Å². The zero-order valence-corrected chi connectivity index (χ0v) is 6.55. The van der Waals surface area contributed by atoms with Crippen LogP contribution in [-0.4, -0.2) is 30.1 Å². The predicted octanol–water partition coefficient (Wildman–Crippen LogP) is 0.810. The number of nitrogens with one attached hydrogen (secondary N) is 1. The van der Waals surface area contributed by atoms with Crippen LogP contribution in [0.25, 0.3) is 0 Å². The SMILES string of the molecule is CCCNC(=O)N1CC1C. The first-order chi connectivity index (χ1) is 4.75. The lowest BCUT2D eigenvalue weighted by molar-refractivity contribution is 0.227. The molecule has 1 rings (SSSR count). The Bertz CT molecular complexity index is 136. The number of hydrogen-bond acceptors (Lipinski definition) is 1. The molecule has 0 aliphatic carbocycles. The number of urea groups is 1. The molecule has 1 N–H and O–H groups in total. The molecule has 0 saturated carbocycles. The third-order valence-electron chi connectivity index (χ3n) is 1.65. The van der Waals surface area contributed by atoms with Crippen LogP contribution in [0, 0.1) is 0 Å². The van der Waals surface area contributed by atoms with E-state index in [-0.39, 0.29) is 6.03 Å². The minimum absolute atomic E-state index is 0.0920. The molecule has 1 aliphatic rings. The van der Waals surface area contributed by atoms with Crippen molar-refractivity contribution in [3.63, 3.8) is 0 Å². The van der Waals surface area contributed by atoms with Gasteiger partial charge in [0.15, 0.2) is 0 Å². The number of rotatable bonds is 2. The van der Waals surface area contributed by atoms with Gasteiger partial charge in [-0.1, -0.05) is 6.92 Å². The lowest BCUT2D eigenvalue weighted by Gasteiger charge is -2.03. The van der Waals surface area contributed by atoms with E-state index in [4.69, 9.17) is 0 Å². The number of nitrogens with zero attached hydrogens (tertiary/aromatic N) is 1. The summed E-state index contributed by atoms with van der Waals surface area (Å²) in [5, 5.41) is 2.81. The van der Waals surface area contributed by atoms with Crippen molar-refractivity contribution < 1.29 is 4.79 Å². The molecule has 1 aliphatic heterocycles. The summed E-state index contributed by atoms with van der Waals surface area (Å²) in [6, 6.07) is 0.561. The molecule has 1 heterocycles. The highest BCUT2D eigenvalue weighted by atomic mass is 16.2. The average Bonchev–Trinajstić information content (AvgIpc) is 2.62. The fourth-order valence-corrected chi connectivity index (χ4v) is 0.854. The van der Waals surface area contributed by atoms with E-state index in [1.165, 1.54) is 0 Å². The van der Waals surface area contributed by atoms with Crippen LogP contribution in [0.5, 0.6) is 0 Å². The van der Waals surface area contributed by atoms with E-state index in [0.717, 1.165) is 19.5 Å². The first kappa shape index (κ1) is 7.38. The van der Waals surface area contributed by atoms with Crippen LogP contribution in [0.15, 0.2) is 0 Å². The highest BCUT2D eigenvalue weighted by Crippen LogP contribution is 2.14. The normalized spacial score (nSPS) is 22.6. The fourth-order valence-electron chi connectivity index (χ4n) is 0.854. The number of carbonyl (C=O) groups excluding carboxylic acids is 1. The van der Waals surface area contributed by atoms with E-state index in [0.29, 0.717) is 6.04 Å². The summed E-state index contributed by atoms with van der Waals surface area (Å²) in [6.07, 6.45) is 1.01. The van der Waals surface area contributed by atoms with Gasteiger partial charge in [0, 0.05) is 19.1 Å². The first-order valence-electron chi connectivity index (χ1n) is 3.80. The van der Waals surface area contributed by atoms with Gasteiger partial charge in [0.1, 0.15) is 0 Å². The number of carbonyl (C=O) groups is 1. The standard InChI is InChI=1S/C7H14N2O/c1-3-4-8-7(10)9-5-6(9)2/h6H,3-5H2,1-2H3,(H,8,10). The van der Waals surface area contributed by atoms with Gasteiger partial charge in [-0.25, -0.2) is 4.79 Å². The van der Waals surface area contributed by atoms with E-state index >= 15 is 0 Å². The second-order valence-electron chi connectivity index (χ2n) is 2.73. The Kier molecular flexibility index (Phi) is 2.14. The third kappa shape index (κ3) is 1.62. The van der Waals surface area contributed by atoms with Gasteiger partial charge in [0.2, 0.25) is 0 Å². The summed E-state index contributed by atoms with van der Waals surface area (Å²) in [6.45, 7) is 5.81. The Hall–Kier alpha value is -0.730. The van der Waals surface area contributed by atoms with E-state index in [1.54, 1.807) is 0 Å². The van der Waals surface area contributed by atoms with Crippen molar-refractivity contribution in [1.29, 1.82) is 0 Å². The van der Waals surface area contributed by atoms with Crippen LogP contribution < -0.4 is 5.32 Å². The summed E-state index contributed by atoms with van der Waals surface area (Å²) >= 11 is 0. The Morgan fingerprint density at radius 1 is 1.80 bits per heavy atom.